The normalized spacial score (nSPS) is 18.8. The van der Waals surface area contributed by atoms with E-state index in [2.05, 4.69) is 16.8 Å². The van der Waals surface area contributed by atoms with Crippen LogP contribution in [0.5, 0.6) is 0 Å². The molecular formula is C15H21ClN2O2. The van der Waals surface area contributed by atoms with Crippen molar-refractivity contribution in [3.8, 4) is 0 Å². The fourth-order valence-electron chi connectivity index (χ4n) is 2.47. The van der Waals surface area contributed by atoms with Crippen LogP contribution in [0.2, 0.25) is 5.02 Å². The van der Waals surface area contributed by atoms with E-state index in [-0.39, 0.29) is 11.9 Å². The third-order valence-corrected chi connectivity index (χ3v) is 4.01. The zero-order valence-corrected chi connectivity index (χ0v) is 12.8. The Hall–Kier alpha value is -1.10. The van der Waals surface area contributed by atoms with Gasteiger partial charge in [-0.3, -0.25) is 9.69 Å². The fourth-order valence-corrected chi connectivity index (χ4v) is 2.67. The van der Waals surface area contributed by atoms with Crippen molar-refractivity contribution in [2.75, 3.05) is 46.9 Å². The lowest BCUT2D eigenvalue weighted by Crippen LogP contribution is -2.46. The van der Waals surface area contributed by atoms with Gasteiger partial charge in [-0.05, 0) is 24.7 Å². The van der Waals surface area contributed by atoms with Crippen LogP contribution < -0.4 is 0 Å². The van der Waals surface area contributed by atoms with Gasteiger partial charge in [-0.1, -0.05) is 23.7 Å². The molecule has 1 saturated heterocycles. The number of rotatable bonds is 4. The highest BCUT2D eigenvalue weighted by molar-refractivity contribution is 6.30. The first kappa shape index (κ1) is 15.3. The van der Waals surface area contributed by atoms with Crippen molar-refractivity contribution in [3.63, 3.8) is 0 Å². The molecule has 20 heavy (non-hydrogen) atoms. The Morgan fingerprint density at radius 1 is 1.35 bits per heavy atom. The third kappa shape index (κ3) is 3.95. The van der Waals surface area contributed by atoms with Gasteiger partial charge in [-0.25, -0.2) is 0 Å². The van der Waals surface area contributed by atoms with Gasteiger partial charge in [0.15, 0.2) is 0 Å². The minimum atomic E-state index is -0.276. The number of nitrogens with zero attached hydrogens (tertiary/aromatic N) is 2. The second-order valence-corrected chi connectivity index (χ2v) is 5.67. The quantitative estimate of drug-likeness (QED) is 0.794. The van der Waals surface area contributed by atoms with E-state index in [9.17, 15) is 4.79 Å². The molecule has 0 bridgehead atoms. The number of hydrogen-bond donors (Lipinski definition) is 0. The Kier molecular flexibility index (Phi) is 5.40. The van der Waals surface area contributed by atoms with Crippen molar-refractivity contribution in [3.05, 3.63) is 34.9 Å². The SMILES string of the molecule is COC(=O)C(CN1CCN(C)CC1)c1cccc(Cl)c1. The summed E-state index contributed by atoms with van der Waals surface area (Å²) in [5, 5.41) is 0.648. The van der Waals surface area contributed by atoms with E-state index in [4.69, 9.17) is 16.3 Å². The summed E-state index contributed by atoms with van der Waals surface area (Å²) in [7, 11) is 3.55. The first-order valence-corrected chi connectivity index (χ1v) is 7.22. The van der Waals surface area contributed by atoms with Crippen LogP contribution in [0.4, 0.5) is 0 Å². The highest BCUT2D eigenvalue weighted by Crippen LogP contribution is 2.22. The number of carbonyl (C=O) groups is 1. The number of halogens is 1. The molecule has 4 nitrogen and oxygen atoms in total. The Morgan fingerprint density at radius 2 is 2.05 bits per heavy atom. The van der Waals surface area contributed by atoms with Crippen LogP contribution >= 0.6 is 11.6 Å². The molecule has 1 unspecified atom stereocenters. The third-order valence-electron chi connectivity index (χ3n) is 3.77. The molecule has 1 atom stereocenters. The minimum absolute atomic E-state index is 0.203. The molecular weight excluding hydrogens is 276 g/mol. The van der Waals surface area contributed by atoms with Gasteiger partial charge in [-0.2, -0.15) is 0 Å². The van der Waals surface area contributed by atoms with Crippen LogP contribution in [0.1, 0.15) is 11.5 Å². The van der Waals surface area contributed by atoms with Crippen LogP contribution in [0, 0.1) is 0 Å². The number of esters is 1. The molecule has 1 aliphatic rings. The molecule has 2 rings (SSSR count). The van der Waals surface area contributed by atoms with E-state index >= 15 is 0 Å². The lowest BCUT2D eigenvalue weighted by molar-refractivity contribution is -0.143. The fraction of sp³-hybridized carbons (Fsp3) is 0.533. The topological polar surface area (TPSA) is 32.8 Å². The van der Waals surface area contributed by atoms with Crippen molar-refractivity contribution in [2.45, 2.75) is 5.92 Å². The first-order valence-electron chi connectivity index (χ1n) is 6.84. The average molecular weight is 297 g/mol. The van der Waals surface area contributed by atoms with Gasteiger partial charge >= 0.3 is 5.97 Å². The second-order valence-electron chi connectivity index (χ2n) is 5.23. The number of carbonyl (C=O) groups excluding carboxylic acids is 1. The highest BCUT2D eigenvalue weighted by atomic mass is 35.5. The number of methoxy groups -OCH3 is 1. The Balaban J connectivity index is 2.10. The van der Waals surface area contributed by atoms with E-state index in [0.29, 0.717) is 11.6 Å². The lowest BCUT2D eigenvalue weighted by Gasteiger charge is -2.34. The maximum atomic E-state index is 12.1. The Labute approximate surface area is 125 Å². The Bertz CT molecular complexity index is 459. The van der Waals surface area contributed by atoms with E-state index in [1.807, 2.05) is 24.3 Å². The van der Waals surface area contributed by atoms with Gasteiger partial charge in [-0.15, -0.1) is 0 Å². The van der Waals surface area contributed by atoms with Gasteiger partial charge in [0.1, 0.15) is 0 Å². The van der Waals surface area contributed by atoms with Gasteiger partial charge in [0, 0.05) is 37.7 Å². The monoisotopic (exact) mass is 296 g/mol. The summed E-state index contributed by atoms with van der Waals surface area (Å²) in [6.45, 7) is 4.70. The van der Waals surface area contributed by atoms with Crippen LogP contribution in [0.3, 0.4) is 0 Å². The largest absolute Gasteiger partial charge is 0.469 e. The second kappa shape index (κ2) is 7.07. The number of hydrogen-bond acceptors (Lipinski definition) is 4. The van der Waals surface area contributed by atoms with Crippen molar-refractivity contribution in [1.29, 1.82) is 0 Å². The molecule has 0 radical (unpaired) electrons. The summed E-state index contributed by atoms with van der Waals surface area (Å²) in [5.41, 5.74) is 0.920. The number of ether oxygens (including phenoxy) is 1. The molecule has 110 valence electrons. The predicted molar refractivity (Wildman–Crippen MR) is 80.1 cm³/mol. The van der Waals surface area contributed by atoms with E-state index in [0.717, 1.165) is 31.7 Å². The molecule has 5 heteroatoms. The van der Waals surface area contributed by atoms with Crippen LogP contribution in [0.25, 0.3) is 0 Å². The summed E-state index contributed by atoms with van der Waals surface area (Å²) in [5.74, 6) is -0.478. The van der Waals surface area contributed by atoms with Gasteiger partial charge in [0.2, 0.25) is 0 Å². The van der Waals surface area contributed by atoms with Gasteiger partial charge < -0.3 is 9.64 Å². The van der Waals surface area contributed by atoms with Gasteiger partial charge in [0.25, 0.3) is 0 Å². The highest BCUT2D eigenvalue weighted by Gasteiger charge is 2.26. The smallest absolute Gasteiger partial charge is 0.314 e. The molecule has 0 aromatic heterocycles. The van der Waals surface area contributed by atoms with Crippen molar-refractivity contribution in [1.82, 2.24) is 9.80 Å². The zero-order valence-electron chi connectivity index (χ0n) is 12.0. The molecule has 0 amide bonds. The van der Waals surface area contributed by atoms with Gasteiger partial charge in [0.05, 0.1) is 13.0 Å². The maximum absolute atomic E-state index is 12.1. The van der Waals surface area contributed by atoms with Crippen molar-refractivity contribution < 1.29 is 9.53 Å². The minimum Gasteiger partial charge on any atom is -0.469 e. The molecule has 0 saturated carbocycles. The van der Waals surface area contributed by atoms with E-state index in [1.54, 1.807) is 0 Å². The predicted octanol–water partition coefficient (Wildman–Crippen LogP) is 1.84. The summed E-state index contributed by atoms with van der Waals surface area (Å²) in [4.78, 5) is 16.7. The molecule has 1 aliphatic heterocycles. The van der Waals surface area contributed by atoms with Crippen molar-refractivity contribution >= 4 is 17.6 Å². The van der Waals surface area contributed by atoms with E-state index in [1.165, 1.54) is 7.11 Å². The summed E-state index contributed by atoms with van der Waals surface area (Å²) < 4.78 is 4.95. The molecule has 0 N–H and O–H groups in total. The standard InChI is InChI=1S/C15H21ClN2O2/c1-17-6-8-18(9-7-17)11-14(15(19)20-2)12-4-3-5-13(16)10-12/h3-5,10,14H,6-9,11H2,1-2H3. The molecule has 0 spiro atoms. The summed E-state index contributed by atoms with van der Waals surface area (Å²) in [6.07, 6.45) is 0. The average Bonchev–Trinajstić information content (AvgIpc) is 2.46. The zero-order chi connectivity index (χ0) is 14.5. The van der Waals surface area contributed by atoms with Crippen molar-refractivity contribution in [2.24, 2.45) is 0 Å². The number of benzene rings is 1. The van der Waals surface area contributed by atoms with Crippen LogP contribution in [-0.4, -0.2) is 62.7 Å². The molecule has 1 fully saturated rings. The van der Waals surface area contributed by atoms with Crippen LogP contribution in [0.15, 0.2) is 24.3 Å². The van der Waals surface area contributed by atoms with Crippen LogP contribution in [-0.2, 0) is 9.53 Å². The first-order chi connectivity index (χ1) is 9.60. The maximum Gasteiger partial charge on any atom is 0.314 e. The molecule has 1 aromatic rings. The molecule has 1 heterocycles. The molecule has 0 aliphatic carbocycles. The number of piperazine rings is 1. The molecule has 1 aromatic carbocycles. The lowest BCUT2D eigenvalue weighted by atomic mass is 9.98. The number of likely N-dealkylation sites (N-methyl/N-ethyl adjacent to an activating group) is 1. The van der Waals surface area contributed by atoms with E-state index < -0.39 is 0 Å². The summed E-state index contributed by atoms with van der Waals surface area (Å²) in [6, 6.07) is 7.47. The Morgan fingerprint density at radius 3 is 2.65 bits per heavy atom. The summed E-state index contributed by atoms with van der Waals surface area (Å²) >= 11 is 6.03.